The number of hydrogen-bond donors (Lipinski definition) is 2. The van der Waals surface area contributed by atoms with E-state index in [0.717, 1.165) is 49.5 Å². The summed E-state index contributed by atoms with van der Waals surface area (Å²) in [4.78, 5) is 14.5. The third-order valence-electron chi connectivity index (χ3n) is 3.90. The van der Waals surface area contributed by atoms with Crippen molar-refractivity contribution in [1.82, 2.24) is 10.2 Å². The molecule has 2 N–H and O–H groups in total. The lowest BCUT2D eigenvalue weighted by atomic mass is 9.97. The van der Waals surface area contributed by atoms with Crippen molar-refractivity contribution >= 4 is 36.4 Å². The lowest BCUT2D eigenvalue weighted by molar-refractivity contribution is -0.120. The van der Waals surface area contributed by atoms with Gasteiger partial charge in [-0.2, -0.15) is 0 Å². The summed E-state index contributed by atoms with van der Waals surface area (Å²) in [6.07, 6.45) is 1.79. The first-order chi connectivity index (χ1) is 10.6. The van der Waals surface area contributed by atoms with E-state index in [9.17, 15) is 4.79 Å². The Morgan fingerprint density at radius 2 is 1.96 bits per heavy atom. The Bertz CT molecular complexity index is 507. The number of hydrogen-bond acceptors (Lipinski definition) is 4. The van der Waals surface area contributed by atoms with Crippen LogP contribution >= 0.6 is 24.8 Å². The molecule has 0 atom stereocenters. The molecule has 0 aromatic heterocycles. The van der Waals surface area contributed by atoms with Gasteiger partial charge in [-0.05, 0) is 64.6 Å². The molecule has 0 unspecified atom stereocenters. The van der Waals surface area contributed by atoms with Gasteiger partial charge in [0.25, 0.3) is 0 Å². The van der Waals surface area contributed by atoms with Gasteiger partial charge >= 0.3 is 0 Å². The first-order valence-electron chi connectivity index (χ1n) is 7.96. The average molecular weight is 378 g/mol. The summed E-state index contributed by atoms with van der Waals surface area (Å²) in [5.74, 6) is 0.948. The summed E-state index contributed by atoms with van der Waals surface area (Å²) in [7, 11) is 4.03. The second-order valence-electron chi connectivity index (χ2n) is 6.16. The van der Waals surface area contributed by atoms with E-state index in [2.05, 4.69) is 15.5 Å². The van der Waals surface area contributed by atoms with Crippen LogP contribution in [-0.4, -0.2) is 51.1 Å². The smallest absolute Gasteiger partial charge is 0.227 e. The van der Waals surface area contributed by atoms with Gasteiger partial charge in [-0.15, -0.1) is 24.8 Å². The van der Waals surface area contributed by atoms with E-state index >= 15 is 0 Å². The fourth-order valence-electron chi connectivity index (χ4n) is 2.51. The third-order valence-corrected chi connectivity index (χ3v) is 3.90. The Morgan fingerprint density at radius 1 is 1.29 bits per heavy atom. The minimum absolute atomic E-state index is 0. The second kappa shape index (κ2) is 11.5. The number of carbonyl (C=O) groups is 1. The van der Waals surface area contributed by atoms with Crippen molar-refractivity contribution in [3.05, 3.63) is 23.8 Å². The van der Waals surface area contributed by atoms with Gasteiger partial charge in [0, 0.05) is 12.5 Å². The van der Waals surface area contributed by atoms with E-state index < -0.39 is 0 Å². The predicted molar refractivity (Wildman–Crippen MR) is 104 cm³/mol. The number of rotatable bonds is 6. The molecule has 1 aliphatic heterocycles. The maximum atomic E-state index is 12.4. The van der Waals surface area contributed by atoms with Crippen LogP contribution in [0.1, 0.15) is 18.4 Å². The molecule has 0 aliphatic carbocycles. The van der Waals surface area contributed by atoms with Crippen molar-refractivity contribution < 1.29 is 9.53 Å². The number of ether oxygens (including phenoxy) is 1. The summed E-state index contributed by atoms with van der Waals surface area (Å²) >= 11 is 0. The SMILES string of the molecule is Cc1ccc(NC(=O)C2CCNCC2)c(OCCN(C)C)c1.Cl.Cl. The molecular weight excluding hydrogens is 349 g/mol. The molecule has 1 aliphatic rings. The van der Waals surface area contributed by atoms with Crippen LogP contribution in [0.4, 0.5) is 5.69 Å². The van der Waals surface area contributed by atoms with E-state index in [0.29, 0.717) is 6.61 Å². The van der Waals surface area contributed by atoms with Gasteiger partial charge in [0.05, 0.1) is 5.69 Å². The van der Waals surface area contributed by atoms with Gasteiger partial charge in [0.2, 0.25) is 5.91 Å². The second-order valence-corrected chi connectivity index (χ2v) is 6.16. The number of benzene rings is 1. The Labute approximate surface area is 157 Å². The van der Waals surface area contributed by atoms with Crippen LogP contribution in [0.25, 0.3) is 0 Å². The Balaban J connectivity index is 0.00000264. The number of nitrogens with one attached hydrogen (secondary N) is 2. The highest BCUT2D eigenvalue weighted by Crippen LogP contribution is 2.27. The number of amides is 1. The van der Waals surface area contributed by atoms with Crippen molar-refractivity contribution in [2.45, 2.75) is 19.8 Å². The molecule has 1 heterocycles. The molecule has 1 fully saturated rings. The highest BCUT2D eigenvalue weighted by atomic mass is 35.5. The molecule has 0 bridgehead atoms. The van der Waals surface area contributed by atoms with Gasteiger partial charge in [-0.1, -0.05) is 6.07 Å². The van der Waals surface area contributed by atoms with Gasteiger partial charge in [-0.25, -0.2) is 0 Å². The highest BCUT2D eigenvalue weighted by molar-refractivity contribution is 5.94. The van der Waals surface area contributed by atoms with E-state index in [1.165, 1.54) is 0 Å². The number of nitrogens with zero attached hydrogens (tertiary/aromatic N) is 1. The normalized spacial score (nSPS) is 14.5. The number of piperidine rings is 1. The molecule has 138 valence electrons. The predicted octanol–water partition coefficient (Wildman–Crippen LogP) is 2.72. The van der Waals surface area contributed by atoms with Crippen molar-refractivity contribution in [1.29, 1.82) is 0 Å². The van der Waals surface area contributed by atoms with Crippen molar-refractivity contribution in [2.24, 2.45) is 5.92 Å². The minimum atomic E-state index is 0. The van der Waals surface area contributed by atoms with Crippen molar-refractivity contribution in [3.63, 3.8) is 0 Å². The number of halogens is 2. The summed E-state index contributed by atoms with van der Waals surface area (Å²) < 4.78 is 5.85. The van der Waals surface area contributed by atoms with E-state index in [-0.39, 0.29) is 36.6 Å². The molecule has 0 saturated carbocycles. The summed E-state index contributed by atoms with van der Waals surface area (Å²) in [5.41, 5.74) is 1.90. The molecule has 0 spiro atoms. The largest absolute Gasteiger partial charge is 0.490 e. The molecule has 5 nitrogen and oxygen atoms in total. The van der Waals surface area contributed by atoms with Crippen LogP contribution < -0.4 is 15.4 Å². The van der Waals surface area contributed by atoms with Gasteiger partial charge in [-0.3, -0.25) is 4.79 Å². The molecule has 1 saturated heterocycles. The lowest BCUT2D eigenvalue weighted by Gasteiger charge is -2.22. The Morgan fingerprint density at radius 3 is 2.58 bits per heavy atom. The summed E-state index contributed by atoms with van der Waals surface area (Å²) in [6.45, 7) is 5.30. The molecule has 0 radical (unpaired) electrons. The molecular formula is C17H29Cl2N3O2. The fourth-order valence-corrected chi connectivity index (χ4v) is 2.51. The quantitative estimate of drug-likeness (QED) is 0.799. The van der Waals surface area contributed by atoms with Gasteiger partial charge in [0.1, 0.15) is 12.4 Å². The topological polar surface area (TPSA) is 53.6 Å². The summed E-state index contributed by atoms with van der Waals surface area (Å²) in [5, 5.41) is 6.32. The van der Waals surface area contributed by atoms with Gasteiger partial charge < -0.3 is 20.3 Å². The average Bonchev–Trinajstić information content (AvgIpc) is 2.50. The van der Waals surface area contributed by atoms with Crippen LogP contribution in [0.5, 0.6) is 5.75 Å². The maximum Gasteiger partial charge on any atom is 0.227 e. The van der Waals surface area contributed by atoms with Crippen LogP contribution in [0, 0.1) is 12.8 Å². The molecule has 24 heavy (non-hydrogen) atoms. The van der Waals surface area contributed by atoms with Crippen LogP contribution in [0.3, 0.4) is 0 Å². The molecule has 7 heteroatoms. The zero-order valence-electron chi connectivity index (χ0n) is 14.6. The monoisotopic (exact) mass is 377 g/mol. The Kier molecular flexibility index (Phi) is 11.0. The van der Waals surface area contributed by atoms with Crippen LogP contribution in [0.15, 0.2) is 18.2 Å². The first-order valence-corrected chi connectivity index (χ1v) is 7.96. The molecule has 1 aromatic carbocycles. The van der Waals surface area contributed by atoms with Crippen molar-refractivity contribution in [3.8, 4) is 5.75 Å². The lowest BCUT2D eigenvalue weighted by Crippen LogP contribution is -2.34. The van der Waals surface area contributed by atoms with Crippen LogP contribution in [0.2, 0.25) is 0 Å². The molecule has 2 rings (SSSR count). The number of anilines is 1. The highest BCUT2D eigenvalue weighted by Gasteiger charge is 2.21. The van der Waals surface area contributed by atoms with E-state index in [4.69, 9.17) is 4.74 Å². The third kappa shape index (κ3) is 7.26. The number of likely N-dealkylation sites (N-methyl/N-ethyl adjacent to an activating group) is 1. The number of aryl methyl sites for hydroxylation is 1. The fraction of sp³-hybridized carbons (Fsp3) is 0.588. The van der Waals surface area contributed by atoms with Gasteiger partial charge in [0.15, 0.2) is 0 Å². The Hall–Kier alpha value is -1.01. The minimum Gasteiger partial charge on any atom is -0.490 e. The van der Waals surface area contributed by atoms with Crippen LogP contribution in [-0.2, 0) is 4.79 Å². The maximum absolute atomic E-state index is 12.4. The summed E-state index contributed by atoms with van der Waals surface area (Å²) in [6, 6.07) is 5.91. The van der Waals surface area contributed by atoms with Crippen molar-refractivity contribution in [2.75, 3.05) is 45.7 Å². The zero-order valence-corrected chi connectivity index (χ0v) is 16.3. The van der Waals surface area contributed by atoms with E-state index in [1.54, 1.807) is 0 Å². The first kappa shape index (κ1) is 23.0. The molecule has 1 amide bonds. The molecule has 1 aromatic rings. The standard InChI is InChI=1S/C17H27N3O2.2ClH/c1-13-4-5-15(16(12-13)22-11-10-20(2)3)19-17(21)14-6-8-18-9-7-14;;/h4-5,12,14,18H,6-11H2,1-3H3,(H,19,21);2*1H. The zero-order chi connectivity index (χ0) is 15.9. The number of carbonyl (C=O) groups excluding carboxylic acids is 1. The van der Waals surface area contributed by atoms with E-state index in [1.807, 2.05) is 39.2 Å².